The second kappa shape index (κ2) is 6.15. The maximum Gasteiger partial charge on any atom is 0.270 e. The quantitative estimate of drug-likeness (QED) is 0.638. The van der Waals surface area contributed by atoms with Gasteiger partial charge in [-0.05, 0) is 30.7 Å². The van der Waals surface area contributed by atoms with E-state index in [9.17, 15) is 15.4 Å². The van der Waals surface area contributed by atoms with Gasteiger partial charge in [-0.15, -0.1) is 10.2 Å². The highest BCUT2D eigenvalue weighted by Gasteiger charge is 2.18. The van der Waals surface area contributed by atoms with Gasteiger partial charge < -0.3 is 4.57 Å². The monoisotopic (exact) mass is 315 g/mol. The summed E-state index contributed by atoms with van der Waals surface area (Å²) in [6.45, 7) is 0.875. The van der Waals surface area contributed by atoms with Gasteiger partial charge >= 0.3 is 0 Å². The number of hydrogen-bond acceptors (Lipinski definition) is 6. The first kappa shape index (κ1) is 14.5. The van der Waals surface area contributed by atoms with E-state index in [4.69, 9.17) is 0 Å². The summed E-state index contributed by atoms with van der Waals surface area (Å²) in [5.74, 6) is 0.973. The Morgan fingerprint density at radius 1 is 1.32 bits per heavy atom. The number of rotatable bonds is 3. The van der Waals surface area contributed by atoms with E-state index < -0.39 is 4.92 Å². The molecule has 0 radical (unpaired) electrons. The molecule has 0 saturated carbocycles. The molecule has 22 heavy (non-hydrogen) atoms. The number of nitro benzene ring substituents is 1. The standard InChI is InChI=1S/C14H13N5O2S/c15-9-10-8-11(19(20)21)5-6-12(10)22-14-17-16-13-4-2-1-3-7-18(13)14/h5-6,8H,1-4,7H2. The number of benzene rings is 1. The molecule has 0 fully saturated rings. The van der Waals surface area contributed by atoms with E-state index in [1.807, 2.05) is 6.07 Å². The molecule has 0 amide bonds. The summed E-state index contributed by atoms with van der Waals surface area (Å²) in [7, 11) is 0. The molecular formula is C14H13N5O2S. The van der Waals surface area contributed by atoms with Gasteiger partial charge in [-0.25, -0.2) is 0 Å². The zero-order chi connectivity index (χ0) is 15.5. The Balaban J connectivity index is 1.92. The van der Waals surface area contributed by atoms with Crippen LogP contribution >= 0.6 is 11.8 Å². The van der Waals surface area contributed by atoms with Crippen molar-refractivity contribution in [1.29, 1.82) is 5.26 Å². The second-order valence-electron chi connectivity index (χ2n) is 5.01. The predicted molar refractivity (Wildman–Crippen MR) is 79.5 cm³/mol. The van der Waals surface area contributed by atoms with Gasteiger partial charge in [0.05, 0.1) is 10.5 Å². The van der Waals surface area contributed by atoms with Gasteiger partial charge in [0, 0.05) is 30.0 Å². The third-order valence-corrected chi connectivity index (χ3v) is 4.63. The number of aryl methyl sites for hydroxylation is 1. The first-order valence-electron chi connectivity index (χ1n) is 6.97. The zero-order valence-corrected chi connectivity index (χ0v) is 12.5. The maximum atomic E-state index is 10.8. The lowest BCUT2D eigenvalue weighted by atomic mass is 10.2. The fraction of sp³-hybridized carbons (Fsp3) is 0.357. The second-order valence-corrected chi connectivity index (χ2v) is 6.02. The molecule has 0 spiro atoms. The minimum atomic E-state index is -0.502. The Hall–Kier alpha value is -2.40. The van der Waals surface area contributed by atoms with Gasteiger partial charge in [0.1, 0.15) is 11.9 Å². The number of nitrogens with zero attached hydrogens (tertiary/aromatic N) is 5. The molecule has 0 N–H and O–H groups in total. The van der Waals surface area contributed by atoms with E-state index >= 15 is 0 Å². The summed E-state index contributed by atoms with van der Waals surface area (Å²) >= 11 is 1.33. The SMILES string of the molecule is N#Cc1cc([N+](=O)[O-])ccc1Sc1nnc2n1CCCCC2. The summed E-state index contributed by atoms with van der Waals surface area (Å²) in [6.07, 6.45) is 4.29. The van der Waals surface area contributed by atoms with Crippen molar-refractivity contribution in [1.82, 2.24) is 14.8 Å². The van der Waals surface area contributed by atoms with E-state index in [1.54, 1.807) is 6.07 Å². The van der Waals surface area contributed by atoms with Crippen LogP contribution in [0.25, 0.3) is 0 Å². The van der Waals surface area contributed by atoms with Gasteiger partial charge in [0.15, 0.2) is 5.16 Å². The van der Waals surface area contributed by atoms with Crippen LogP contribution in [0.1, 0.15) is 30.7 Å². The van der Waals surface area contributed by atoms with Gasteiger partial charge in [-0.1, -0.05) is 6.42 Å². The van der Waals surface area contributed by atoms with Crippen LogP contribution in [-0.4, -0.2) is 19.7 Å². The minimum Gasteiger partial charge on any atom is -0.306 e. The Labute approximate surface area is 131 Å². The van der Waals surface area contributed by atoms with E-state index in [0.29, 0.717) is 4.90 Å². The highest BCUT2D eigenvalue weighted by Crippen LogP contribution is 2.32. The molecule has 3 rings (SSSR count). The number of hydrogen-bond donors (Lipinski definition) is 0. The first-order valence-corrected chi connectivity index (χ1v) is 7.79. The van der Waals surface area contributed by atoms with Crippen LogP contribution < -0.4 is 0 Å². The van der Waals surface area contributed by atoms with E-state index in [-0.39, 0.29) is 11.3 Å². The lowest BCUT2D eigenvalue weighted by molar-refractivity contribution is -0.384. The van der Waals surface area contributed by atoms with Crippen molar-refractivity contribution >= 4 is 17.4 Å². The molecule has 0 bridgehead atoms. The maximum absolute atomic E-state index is 10.8. The molecule has 7 nitrogen and oxygen atoms in total. The molecular weight excluding hydrogens is 302 g/mol. The fourth-order valence-electron chi connectivity index (χ4n) is 2.44. The third kappa shape index (κ3) is 2.80. The summed E-state index contributed by atoms with van der Waals surface area (Å²) in [4.78, 5) is 10.9. The number of aromatic nitrogens is 3. The molecule has 1 aliphatic heterocycles. The highest BCUT2D eigenvalue weighted by atomic mass is 32.2. The molecule has 2 heterocycles. The molecule has 1 aromatic heterocycles. The average Bonchev–Trinajstić information content (AvgIpc) is 2.75. The van der Waals surface area contributed by atoms with Crippen LogP contribution in [0.3, 0.4) is 0 Å². The van der Waals surface area contributed by atoms with Crippen LogP contribution in [0.2, 0.25) is 0 Å². The van der Waals surface area contributed by atoms with E-state index in [2.05, 4.69) is 14.8 Å². The summed E-state index contributed by atoms with van der Waals surface area (Å²) in [5, 5.41) is 29.2. The van der Waals surface area contributed by atoms with Crippen molar-refractivity contribution in [3.8, 4) is 6.07 Å². The van der Waals surface area contributed by atoms with Crippen molar-refractivity contribution in [2.45, 2.75) is 42.3 Å². The van der Waals surface area contributed by atoms with Crippen molar-refractivity contribution < 1.29 is 4.92 Å². The molecule has 1 aromatic carbocycles. The Kier molecular flexibility index (Phi) is 4.06. The van der Waals surface area contributed by atoms with Crippen molar-refractivity contribution in [3.05, 3.63) is 39.7 Å². The number of fused-ring (bicyclic) bond motifs is 1. The minimum absolute atomic E-state index is 0.0824. The van der Waals surface area contributed by atoms with Crippen LogP contribution in [0.15, 0.2) is 28.3 Å². The lowest BCUT2D eigenvalue weighted by Crippen LogP contribution is -2.02. The smallest absolute Gasteiger partial charge is 0.270 e. The zero-order valence-electron chi connectivity index (χ0n) is 11.7. The number of non-ortho nitro benzene ring substituents is 1. The summed E-state index contributed by atoms with van der Waals surface area (Å²) < 4.78 is 2.08. The molecule has 0 unspecified atom stereocenters. The van der Waals surface area contributed by atoms with Crippen LogP contribution in [0.4, 0.5) is 5.69 Å². The average molecular weight is 315 g/mol. The van der Waals surface area contributed by atoms with Gasteiger partial charge in [-0.2, -0.15) is 5.26 Å². The Bertz CT molecular complexity index is 765. The normalized spacial score (nSPS) is 14.0. The number of nitriles is 1. The van der Waals surface area contributed by atoms with Gasteiger partial charge in [0.2, 0.25) is 0 Å². The summed E-state index contributed by atoms with van der Waals surface area (Å²) in [6, 6.07) is 6.31. The topological polar surface area (TPSA) is 97.6 Å². The largest absolute Gasteiger partial charge is 0.306 e. The molecule has 1 aliphatic rings. The molecule has 2 aromatic rings. The first-order chi connectivity index (χ1) is 10.7. The van der Waals surface area contributed by atoms with Crippen molar-refractivity contribution in [2.75, 3.05) is 0 Å². The van der Waals surface area contributed by atoms with Crippen LogP contribution in [0.5, 0.6) is 0 Å². The fourth-order valence-corrected chi connectivity index (χ4v) is 3.38. The van der Waals surface area contributed by atoms with Crippen LogP contribution in [-0.2, 0) is 13.0 Å². The van der Waals surface area contributed by atoms with E-state index in [1.165, 1.54) is 30.3 Å². The lowest BCUT2D eigenvalue weighted by Gasteiger charge is -2.07. The highest BCUT2D eigenvalue weighted by molar-refractivity contribution is 7.99. The molecule has 0 aliphatic carbocycles. The summed E-state index contributed by atoms with van der Waals surface area (Å²) in [5.41, 5.74) is 0.200. The van der Waals surface area contributed by atoms with Gasteiger partial charge in [-0.3, -0.25) is 10.1 Å². The molecule has 0 saturated heterocycles. The van der Waals surface area contributed by atoms with Crippen LogP contribution in [0, 0.1) is 21.4 Å². The molecule has 0 atom stereocenters. The van der Waals surface area contributed by atoms with Crippen molar-refractivity contribution in [2.24, 2.45) is 0 Å². The predicted octanol–water partition coefficient (Wildman–Crippen LogP) is 2.94. The number of nitro groups is 1. The molecule has 8 heteroatoms. The Morgan fingerprint density at radius 3 is 2.95 bits per heavy atom. The van der Waals surface area contributed by atoms with Crippen molar-refractivity contribution in [3.63, 3.8) is 0 Å². The van der Waals surface area contributed by atoms with Gasteiger partial charge in [0.25, 0.3) is 5.69 Å². The van der Waals surface area contributed by atoms with E-state index in [0.717, 1.165) is 36.8 Å². The molecule has 112 valence electrons. The third-order valence-electron chi connectivity index (χ3n) is 3.57. The Morgan fingerprint density at radius 2 is 2.18 bits per heavy atom.